The fourth-order valence-electron chi connectivity index (χ4n) is 4.80. The van der Waals surface area contributed by atoms with Gasteiger partial charge in [0.05, 0.1) is 5.92 Å². The van der Waals surface area contributed by atoms with Crippen LogP contribution in [0, 0.1) is 23.7 Å². The molecule has 3 fully saturated rings. The molecule has 2 bridgehead atoms. The molecule has 0 radical (unpaired) electrons. The molecular weight excluding hydrogens is 236 g/mol. The highest BCUT2D eigenvalue weighted by Crippen LogP contribution is 2.47. The summed E-state index contributed by atoms with van der Waals surface area (Å²) in [6, 6.07) is 0.455. The molecule has 3 N–H and O–H groups in total. The zero-order valence-corrected chi connectivity index (χ0v) is 12.1. The molecule has 5 unspecified atom stereocenters. The first-order chi connectivity index (χ1) is 9.16. The van der Waals surface area contributed by atoms with Crippen LogP contribution < -0.4 is 11.1 Å². The molecule has 3 saturated carbocycles. The Balaban J connectivity index is 1.56. The number of carbonyl (C=O) groups excluding carboxylic acids is 1. The molecule has 3 nitrogen and oxygen atoms in total. The van der Waals surface area contributed by atoms with E-state index in [4.69, 9.17) is 5.73 Å². The van der Waals surface area contributed by atoms with Crippen molar-refractivity contribution in [3.05, 3.63) is 0 Å². The second-order valence-electron chi connectivity index (χ2n) is 7.13. The first kappa shape index (κ1) is 13.4. The Labute approximate surface area is 116 Å². The highest BCUT2D eigenvalue weighted by molar-refractivity contribution is 5.80. The fraction of sp³-hybridized carbons (Fsp3) is 0.938. The van der Waals surface area contributed by atoms with E-state index in [1.807, 2.05) is 0 Å². The standard InChI is InChI=1S/C16H28N2O/c1-10(11-5-3-2-4-6-11)18-16(19)14-12-7-8-13(9-12)15(14)17/h10-15H,2-9,17H2,1H3,(H,18,19). The highest BCUT2D eigenvalue weighted by atomic mass is 16.2. The number of fused-ring (bicyclic) bond motifs is 2. The summed E-state index contributed by atoms with van der Waals surface area (Å²) in [6.07, 6.45) is 10.2. The van der Waals surface area contributed by atoms with Gasteiger partial charge in [0, 0.05) is 12.1 Å². The number of nitrogens with one attached hydrogen (secondary N) is 1. The van der Waals surface area contributed by atoms with Gasteiger partial charge >= 0.3 is 0 Å². The number of carbonyl (C=O) groups is 1. The monoisotopic (exact) mass is 264 g/mol. The Bertz CT molecular complexity index is 336. The van der Waals surface area contributed by atoms with Gasteiger partial charge in [-0.25, -0.2) is 0 Å². The number of nitrogens with two attached hydrogens (primary N) is 1. The molecule has 0 aliphatic heterocycles. The second-order valence-corrected chi connectivity index (χ2v) is 7.13. The van der Waals surface area contributed by atoms with Crippen molar-refractivity contribution in [1.82, 2.24) is 5.32 Å². The van der Waals surface area contributed by atoms with Crippen LogP contribution in [0.25, 0.3) is 0 Å². The van der Waals surface area contributed by atoms with E-state index >= 15 is 0 Å². The molecule has 1 amide bonds. The summed E-state index contributed by atoms with van der Waals surface area (Å²) in [6.45, 7) is 2.19. The third-order valence-electron chi connectivity index (χ3n) is 6.01. The molecular formula is C16H28N2O. The minimum Gasteiger partial charge on any atom is -0.353 e. The average Bonchev–Trinajstić information content (AvgIpc) is 3.00. The van der Waals surface area contributed by atoms with E-state index in [-0.39, 0.29) is 17.9 Å². The van der Waals surface area contributed by atoms with Crippen LogP contribution in [0.5, 0.6) is 0 Å². The van der Waals surface area contributed by atoms with E-state index in [1.54, 1.807) is 0 Å². The Kier molecular flexibility index (Phi) is 3.84. The maximum absolute atomic E-state index is 12.5. The molecule has 3 aliphatic rings. The van der Waals surface area contributed by atoms with Crippen molar-refractivity contribution in [1.29, 1.82) is 0 Å². The Hall–Kier alpha value is -0.570. The van der Waals surface area contributed by atoms with Crippen LogP contribution in [0.1, 0.15) is 58.3 Å². The maximum atomic E-state index is 12.5. The van der Waals surface area contributed by atoms with Crippen LogP contribution in [-0.4, -0.2) is 18.0 Å². The van der Waals surface area contributed by atoms with Gasteiger partial charge in [0.1, 0.15) is 0 Å². The molecule has 5 atom stereocenters. The van der Waals surface area contributed by atoms with Gasteiger partial charge in [-0.3, -0.25) is 4.79 Å². The Morgan fingerprint density at radius 2 is 1.79 bits per heavy atom. The van der Waals surface area contributed by atoms with Crippen LogP contribution in [0.4, 0.5) is 0 Å². The fourth-order valence-corrected chi connectivity index (χ4v) is 4.80. The van der Waals surface area contributed by atoms with E-state index in [1.165, 1.54) is 51.4 Å². The number of hydrogen-bond acceptors (Lipinski definition) is 2. The summed E-state index contributed by atoms with van der Waals surface area (Å²) in [5, 5.41) is 3.29. The third-order valence-corrected chi connectivity index (χ3v) is 6.01. The zero-order chi connectivity index (χ0) is 13.4. The SMILES string of the molecule is CC(NC(=O)C1C2CCC(C2)C1N)C1CCCCC1. The molecule has 3 rings (SSSR count). The van der Waals surface area contributed by atoms with Crippen LogP contribution in [0.2, 0.25) is 0 Å². The van der Waals surface area contributed by atoms with Crippen molar-refractivity contribution in [2.75, 3.05) is 0 Å². The molecule has 3 heteroatoms. The van der Waals surface area contributed by atoms with E-state index in [2.05, 4.69) is 12.2 Å². The van der Waals surface area contributed by atoms with Gasteiger partial charge < -0.3 is 11.1 Å². The average molecular weight is 264 g/mol. The van der Waals surface area contributed by atoms with E-state index in [9.17, 15) is 4.79 Å². The molecule has 3 aliphatic carbocycles. The largest absolute Gasteiger partial charge is 0.353 e. The lowest BCUT2D eigenvalue weighted by Crippen LogP contribution is -2.49. The van der Waals surface area contributed by atoms with Gasteiger partial charge in [-0.05, 0) is 56.8 Å². The smallest absolute Gasteiger partial charge is 0.225 e. The molecule has 108 valence electrons. The molecule has 0 spiro atoms. The van der Waals surface area contributed by atoms with Gasteiger partial charge in [-0.2, -0.15) is 0 Å². The molecule has 0 aromatic carbocycles. The lowest BCUT2D eigenvalue weighted by molar-refractivity contribution is -0.128. The first-order valence-corrected chi connectivity index (χ1v) is 8.22. The van der Waals surface area contributed by atoms with Crippen molar-refractivity contribution in [3.63, 3.8) is 0 Å². The minimum atomic E-state index is 0.102. The number of amides is 1. The number of rotatable bonds is 3. The molecule has 0 aromatic heterocycles. The summed E-state index contributed by atoms with van der Waals surface area (Å²) in [5.74, 6) is 2.22. The van der Waals surface area contributed by atoms with Crippen LogP contribution in [0.15, 0.2) is 0 Å². The van der Waals surface area contributed by atoms with Crippen molar-refractivity contribution in [2.24, 2.45) is 29.4 Å². The maximum Gasteiger partial charge on any atom is 0.225 e. The van der Waals surface area contributed by atoms with E-state index < -0.39 is 0 Å². The van der Waals surface area contributed by atoms with Gasteiger partial charge in [-0.1, -0.05) is 19.3 Å². The quantitative estimate of drug-likeness (QED) is 0.822. The molecule has 0 saturated heterocycles. The topological polar surface area (TPSA) is 55.1 Å². The predicted molar refractivity (Wildman–Crippen MR) is 76.5 cm³/mol. The minimum absolute atomic E-state index is 0.102. The first-order valence-electron chi connectivity index (χ1n) is 8.22. The molecule has 0 aromatic rings. The summed E-state index contributed by atoms with van der Waals surface area (Å²) in [4.78, 5) is 12.5. The van der Waals surface area contributed by atoms with Crippen molar-refractivity contribution < 1.29 is 4.79 Å². The third kappa shape index (κ3) is 2.54. The van der Waals surface area contributed by atoms with E-state index in [0.717, 1.165) is 0 Å². The van der Waals surface area contributed by atoms with Crippen molar-refractivity contribution in [3.8, 4) is 0 Å². The Morgan fingerprint density at radius 3 is 2.42 bits per heavy atom. The lowest BCUT2D eigenvalue weighted by atomic mass is 9.82. The van der Waals surface area contributed by atoms with Crippen molar-refractivity contribution in [2.45, 2.75) is 70.4 Å². The summed E-state index contributed by atoms with van der Waals surface area (Å²) < 4.78 is 0. The van der Waals surface area contributed by atoms with Gasteiger partial charge in [0.2, 0.25) is 5.91 Å². The summed E-state index contributed by atoms with van der Waals surface area (Å²) in [7, 11) is 0. The Morgan fingerprint density at radius 1 is 1.11 bits per heavy atom. The second kappa shape index (κ2) is 5.43. The van der Waals surface area contributed by atoms with Crippen LogP contribution in [0.3, 0.4) is 0 Å². The van der Waals surface area contributed by atoms with Gasteiger partial charge in [0.25, 0.3) is 0 Å². The van der Waals surface area contributed by atoms with Gasteiger partial charge in [0.15, 0.2) is 0 Å². The van der Waals surface area contributed by atoms with Crippen molar-refractivity contribution >= 4 is 5.91 Å². The van der Waals surface area contributed by atoms with Crippen LogP contribution in [-0.2, 0) is 4.79 Å². The number of hydrogen-bond donors (Lipinski definition) is 2. The van der Waals surface area contributed by atoms with Crippen LogP contribution >= 0.6 is 0 Å². The predicted octanol–water partition coefficient (Wildman–Crippen LogP) is 2.44. The molecule has 0 heterocycles. The highest BCUT2D eigenvalue weighted by Gasteiger charge is 2.49. The molecule has 19 heavy (non-hydrogen) atoms. The normalized spacial score (nSPS) is 40.3. The summed E-state index contributed by atoms with van der Waals surface area (Å²) >= 11 is 0. The summed E-state index contributed by atoms with van der Waals surface area (Å²) in [5.41, 5.74) is 6.26. The van der Waals surface area contributed by atoms with Gasteiger partial charge in [-0.15, -0.1) is 0 Å². The lowest BCUT2D eigenvalue weighted by Gasteiger charge is -2.32. The zero-order valence-electron chi connectivity index (χ0n) is 12.1. The van der Waals surface area contributed by atoms with E-state index in [0.29, 0.717) is 23.8 Å².